The maximum Gasteiger partial charge on any atom is 0.255 e. The molecule has 0 unspecified atom stereocenters. The molecule has 0 spiro atoms. The lowest BCUT2D eigenvalue weighted by atomic mass is 10.1. The molecule has 0 saturated carbocycles. The number of benzene rings is 2. The first kappa shape index (κ1) is 13.3. The highest BCUT2D eigenvalue weighted by atomic mass is 19.1. The quantitative estimate of drug-likeness (QED) is 0.886. The molecule has 0 atom stereocenters. The van der Waals surface area contributed by atoms with Crippen molar-refractivity contribution in [2.45, 2.75) is 20.3 Å². The van der Waals surface area contributed by atoms with Crippen LogP contribution in [0.3, 0.4) is 0 Å². The average Bonchev–Trinajstić information content (AvgIpc) is 2.42. The van der Waals surface area contributed by atoms with Crippen LogP contribution in [0.5, 0.6) is 0 Å². The predicted molar refractivity (Wildman–Crippen MR) is 74.9 cm³/mol. The van der Waals surface area contributed by atoms with Crippen LogP contribution in [0.2, 0.25) is 0 Å². The van der Waals surface area contributed by atoms with Gasteiger partial charge < -0.3 is 5.32 Å². The second kappa shape index (κ2) is 5.65. The monoisotopic (exact) mass is 257 g/mol. The molecular weight excluding hydrogens is 241 g/mol. The third-order valence-electron chi connectivity index (χ3n) is 3.04. The number of rotatable bonds is 3. The zero-order valence-electron chi connectivity index (χ0n) is 11.0. The fourth-order valence-corrected chi connectivity index (χ4v) is 1.81. The minimum absolute atomic E-state index is 0.229. The Hall–Kier alpha value is -2.16. The third kappa shape index (κ3) is 3.19. The summed E-state index contributed by atoms with van der Waals surface area (Å²) in [6, 6.07) is 12.0. The van der Waals surface area contributed by atoms with Crippen LogP contribution in [-0.2, 0) is 6.42 Å². The lowest BCUT2D eigenvalue weighted by molar-refractivity contribution is 0.102. The molecule has 0 aliphatic carbocycles. The standard InChI is InChI=1S/C16H16FNO/c1-3-12-4-7-14(8-5-12)18-16(19)13-6-9-15(17)11(2)10-13/h4-10H,3H2,1-2H3,(H,18,19). The number of aryl methyl sites for hydroxylation is 2. The van der Waals surface area contributed by atoms with Crippen LogP contribution in [-0.4, -0.2) is 5.91 Å². The summed E-state index contributed by atoms with van der Waals surface area (Å²) < 4.78 is 13.1. The smallest absolute Gasteiger partial charge is 0.255 e. The largest absolute Gasteiger partial charge is 0.322 e. The average molecular weight is 257 g/mol. The van der Waals surface area contributed by atoms with E-state index >= 15 is 0 Å². The highest BCUT2D eigenvalue weighted by Crippen LogP contribution is 2.14. The molecule has 2 aromatic rings. The number of nitrogens with one attached hydrogen (secondary N) is 1. The van der Waals surface area contributed by atoms with Crippen molar-refractivity contribution in [3.63, 3.8) is 0 Å². The van der Waals surface area contributed by atoms with Crippen LogP contribution in [0, 0.1) is 12.7 Å². The number of hydrogen-bond donors (Lipinski definition) is 1. The van der Waals surface area contributed by atoms with Crippen molar-refractivity contribution in [3.05, 3.63) is 65.0 Å². The molecule has 19 heavy (non-hydrogen) atoms. The number of carbonyl (C=O) groups is 1. The van der Waals surface area contributed by atoms with E-state index in [9.17, 15) is 9.18 Å². The molecule has 0 saturated heterocycles. The van der Waals surface area contributed by atoms with Crippen molar-refractivity contribution in [1.29, 1.82) is 0 Å². The maximum atomic E-state index is 13.1. The van der Waals surface area contributed by atoms with Crippen LogP contribution in [0.15, 0.2) is 42.5 Å². The van der Waals surface area contributed by atoms with Gasteiger partial charge in [-0.1, -0.05) is 19.1 Å². The first-order valence-electron chi connectivity index (χ1n) is 6.26. The van der Waals surface area contributed by atoms with E-state index in [0.29, 0.717) is 11.1 Å². The molecule has 2 nitrogen and oxygen atoms in total. The van der Waals surface area contributed by atoms with Crippen molar-refractivity contribution < 1.29 is 9.18 Å². The molecule has 1 N–H and O–H groups in total. The lowest BCUT2D eigenvalue weighted by Crippen LogP contribution is -2.12. The van der Waals surface area contributed by atoms with Crippen molar-refractivity contribution in [2.24, 2.45) is 0 Å². The van der Waals surface area contributed by atoms with Gasteiger partial charge >= 0.3 is 0 Å². The van der Waals surface area contributed by atoms with Gasteiger partial charge in [-0.3, -0.25) is 4.79 Å². The van der Waals surface area contributed by atoms with Crippen molar-refractivity contribution >= 4 is 11.6 Å². The Labute approximate surface area is 112 Å². The van der Waals surface area contributed by atoms with Gasteiger partial charge in [-0.2, -0.15) is 0 Å². The number of hydrogen-bond acceptors (Lipinski definition) is 1. The summed E-state index contributed by atoms with van der Waals surface area (Å²) in [5, 5.41) is 2.79. The SMILES string of the molecule is CCc1ccc(NC(=O)c2ccc(F)c(C)c2)cc1. The molecule has 2 aromatic carbocycles. The Balaban J connectivity index is 2.13. The van der Waals surface area contributed by atoms with E-state index in [1.165, 1.54) is 17.7 Å². The molecule has 0 aliphatic rings. The molecule has 0 aromatic heterocycles. The number of anilines is 1. The minimum Gasteiger partial charge on any atom is -0.322 e. The third-order valence-corrected chi connectivity index (χ3v) is 3.04. The summed E-state index contributed by atoms with van der Waals surface area (Å²) in [7, 11) is 0. The highest BCUT2D eigenvalue weighted by molar-refractivity contribution is 6.04. The van der Waals surface area contributed by atoms with E-state index in [4.69, 9.17) is 0 Å². The number of amides is 1. The molecule has 3 heteroatoms. The second-order valence-corrected chi connectivity index (χ2v) is 4.47. The molecule has 0 aliphatic heterocycles. The van der Waals surface area contributed by atoms with Crippen molar-refractivity contribution in [2.75, 3.05) is 5.32 Å². The summed E-state index contributed by atoms with van der Waals surface area (Å²) >= 11 is 0. The summed E-state index contributed by atoms with van der Waals surface area (Å²) in [6.07, 6.45) is 0.964. The summed E-state index contributed by atoms with van der Waals surface area (Å²) in [5.41, 5.74) is 2.88. The Morgan fingerprint density at radius 1 is 1.16 bits per heavy atom. The Kier molecular flexibility index (Phi) is 3.95. The highest BCUT2D eigenvalue weighted by Gasteiger charge is 2.08. The molecule has 0 fully saturated rings. The van der Waals surface area contributed by atoms with Gasteiger partial charge in [-0.25, -0.2) is 4.39 Å². The van der Waals surface area contributed by atoms with Crippen LogP contribution < -0.4 is 5.32 Å². The van der Waals surface area contributed by atoms with Gasteiger partial charge in [0.25, 0.3) is 5.91 Å². The van der Waals surface area contributed by atoms with Crippen LogP contribution in [0.25, 0.3) is 0 Å². The van der Waals surface area contributed by atoms with E-state index in [1.54, 1.807) is 13.0 Å². The maximum absolute atomic E-state index is 13.1. The van der Waals surface area contributed by atoms with Gasteiger partial charge in [-0.15, -0.1) is 0 Å². The summed E-state index contributed by atoms with van der Waals surface area (Å²) in [4.78, 5) is 12.0. The van der Waals surface area contributed by atoms with Crippen molar-refractivity contribution in [1.82, 2.24) is 0 Å². The van der Waals surface area contributed by atoms with Crippen LogP contribution in [0.1, 0.15) is 28.4 Å². The topological polar surface area (TPSA) is 29.1 Å². The van der Waals surface area contributed by atoms with Gasteiger partial charge in [-0.05, 0) is 54.8 Å². The van der Waals surface area contributed by atoms with E-state index in [1.807, 2.05) is 24.3 Å². The van der Waals surface area contributed by atoms with Crippen LogP contribution in [0.4, 0.5) is 10.1 Å². The molecule has 0 heterocycles. The molecule has 0 radical (unpaired) electrons. The van der Waals surface area contributed by atoms with Gasteiger partial charge in [0.05, 0.1) is 0 Å². The molecule has 1 amide bonds. The zero-order chi connectivity index (χ0) is 13.8. The predicted octanol–water partition coefficient (Wildman–Crippen LogP) is 3.95. The van der Waals surface area contributed by atoms with Crippen molar-refractivity contribution in [3.8, 4) is 0 Å². The molecule has 0 bridgehead atoms. The van der Waals surface area contributed by atoms with Gasteiger partial charge in [0.15, 0.2) is 0 Å². The number of carbonyl (C=O) groups excluding carboxylic acids is 1. The van der Waals surface area contributed by atoms with Gasteiger partial charge in [0, 0.05) is 11.3 Å². The fraction of sp³-hybridized carbons (Fsp3) is 0.188. The van der Waals surface area contributed by atoms with E-state index in [0.717, 1.165) is 12.1 Å². The second-order valence-electron chi connectivity index (χ2n) is 4.47. The zero-order valence-corrected chi connectivity index (χ0v) is 11.0. The first-order chi connectivity index (χ1) is 9.10. The minimum atomic E-state index is -0.302. The number of halogens is 1. The Morgan fingerprint density at radius 2 is 1.84 bits per heavy atom. The lowest BCUT2D eigenvalue weighted by Gasteiger charge is -2.07. The van der Waals surface area contributed by atoms with Gasteiger partial charge in [0.2, 0.25) is 0 Å². The Morgan fingerprint density at radius 3 is 2.42 bits per heavy atom. The molecule has 98 valence electrons. The first-order valence-corrected chi connectivity index (χ1v) is 6.26. The molecule has 2 rings (SSSR count). The van der Waals surface area contributed by atoms with E-state index < -0.39 is 0 Å². The summed E-state index contributed by atoms with van der Waals surface area (Å²) in [6.45, 7) is 3.72. The van der Waals surface area contributed by atoms with E-state index in [-0.39, 0.29) is 11.7 Å². The molecular formula is C16H16FNO. The fourth-order valence-electron chi connectivity index (χ4n) is 1.81. The Bertz CT molecular complexity index is 590. The normalized spacial score (nSPS) is 10.3. The van der Waals surface area contributed by atoms with Crippen LogP contribution >= 0.6 is 0 Å². The van der Waals surface area contributed by atoms with Gasteiger partial charge in [0.1, 0.15) is 5.82 Å². The summed E-state index contributed by atoms with van der Waals surface area (Å²) in [5.74, 6) is -0.531. The van der Waals surface area contributed by atoms with E-state index in [2.05, 4.69) is 12.2 Å².